The minimum absolute atomic E-state index is 0.253. The Labute approximate surface area is 107 Å². The van der Waals surface area contributed by atoms with Crippen LogP contribution in [0.5, 0.6) is 0 Å². The fraction of sp³-hybridized carbons (Fsp3) is 0.467. The Morgan fingerprint density at radius 2 is 2.17 bits per heavy atom. The van der Waals surface area contributed by atoms with E-state index in [9.17, 15) is 8.78 Å². The van der Waals surface area contributed by atoms with Crippen LogP contribution >= 0.6 is 0 Å². The van der Waals surface area contributed by atoms with Gasteiger partial charge in [-0.1, -0.05) is 13.0 Å². The molecule has 0 bridgehead atoms. The zero-order chi connectivity index (χ0) is 13.2. The lowest BCUT2D eigenvalue weighted by Crippen LogP contribution is -2.33. The molecule has 98 valence electrons. The van der Waals surface area contributed by atoms with E-state index in [0.29, 0.717) is 18.0 Å². The average Bonchev–Trinajstić information content (AvgIpc) is 3.15. The van der Waals surface area contributed by atoms with E-state index in [2.05, 4.69) is 11.9 Å². The molecule has 0 saturated heterocycles. The maximum absolute atomic E-state index is 13.6. The van der Waals surface area contributed by atoms with Crippen molar-refractivity contribution in [3.8, 4) is 0 Å². The van der Waals surface area contributed by atoms with Gasteiger partial charge in [-0.15, -0.1) is 6.58 Å². The minimum atomic E-state index is -0.395. The van der Waals surface area contributed by atoms with E-state index in [0.717, 1.165) is 12.6 Å². The third-order valence-electron chi connectivity index (χ3n) is 3.47. The molecule has 1 nitrogen and oxygen atoms in total. The van der Waals surface area contributed by atoms with E-state index < -0.39 is 5.82 Å². The monoisotopic (exact) mass is 251 g/mol. The predicted octanol–water partition coefficient (Wildman–Crippen LogP) is 3.45. The summed E-state index contributed by atoms with van der Waals surface area (Å²) in [7, 11) is 0. The van der Waals surface area contributed by atoms with Crippen LogP contribution in [0.15, 0.2) is 30.9 Å². The summed E-state index contributed by atoms with van der Waals surface area (Å²) in [6, 6.07) is 4.20. The van der Waals surface area contributed by atoms with Gasteiger partial charge in [-0.25, -0.2) is 8.78 Å². The molecule has 0 heterocycles. The molecule has 1 saturated carbocycles. The number of rotatable bonds is 6. The van der Waals surface area contributed by atoms with Gasteiger partial charge in [-0.3, -0.25) is 0 Å². The van der Waals surface area contributed by atoms with Gasteiger partial charge in [-0.05, 0) is 43.0 Å². The maximum atomic E-state index is 13.6. The zero-order valence-corrected chi connectivity index (χ0v) is 10.7. The van der Waals surface area contributed by atoms with Gasteiger partial charge in [0, 0.05) is 18.0 Å². The molecule has 1 unspecified atom stereocenters. The largest absolute Gasteiger partial charge is 0.313 e. The number of halogens is 2. The summed E-state index contributed by atoms with van der Waals surface area (Å²) in [4.78, 5) is 0. The molecular formula is C15H19F2N. The molecule has 0 aromatic heterocycles. The molecule has 1 N–H and O–H groups in total. The molecule has 1 aliphatic rings. The summed E-state index contributed by atoms with van der Waals surface area (Å²) >= 11 is 0. The summed E-state index contributed by atoms with van der Waals surface area (Å²) in [5.41, 5.74) is 0.159. The number of hydrogen-bond donors (Lipinski definition) is 1. The Kier molecular flexibility index (Phi) is 3.81. The van der Waals surface area contributed by atoms with Gasteiger partial charge in [0.05, 0.1) is 0 Å². The topological polar surface area (TPSA) is 12.0 Å². The van der Waals surface area contributed by atoms with Crippen LogP contribution in [0.25, 0.3) is 0 Å². The smallest absolute Gasteiger partial charge is 0.126 e. The molecule has 0 radical (unpaired) electrons. The lowest BCUT2D eigenvalue weighted by molar-refractivity contribution is 0.382. The normalized spacial score (nSPS) is 18.4. The van der Waals surface area contributed by atoms with Crippen LogP contribution in [0.4, 0.5) is 8.78 Å². The SMILES string of the molecule is C=CC(C)(CNC1CC1)Cc1cc(F)ccc1F. The van der Waals surface area contributed by atoms with E-state index >= 15 is 0 Å². The Morgan fingerprint density at radius 3 is 2.78 bits per heavy atom. The van der Waals surface area contributed by atoms with Crippen LogP contribution in [-0.4, -0.2) is 12.6 Å². The number of hydrogen-bond acceptors (Lipinski definition) is 1. The highest BCUT2D eigenvalue weighted by molar-refractivity contribution is 5.21. The fourth-order valence-electron chi connectivity index (χ4n) is 1.99. The molecule has 0 spiro atoms. The van der Waals surface area contributed by atoms with E-state index in [1.807, 2.05) is 13.0 Å². The van der Waals surface area contributed by atoms with Crippen molar-refractivity contribution < 1.29 is 8.78 Å². The fourth-order valence-corrected chi connectivity index (χ4v) is 1.99. The van der Waals surface area contributed by atoms with Crippen molar-refractivity contribution >= 4 is 0 Å². The lowest BCUT2D eigenvalue weighted by Gasteiger charge is -2.26. The van der Waals surface area contributed by atoms with Gasteiger partial charge in [0.15, 0.2) is 0 Å². The predicted molar refractivity (Wildman–Crippen MR) is 69.4 cm³/mol. The maximum Gasteiger partial charge on any atom is 0.126 e. The van der Waals surface area contributed by atoms with Crippen molar-refractivity contribution in [1.82, 2.24) is 5.32 Å². The Bertz CT molecular complexity index is 440. The van der Waals surface area contributed by atoms with Gasteiger partial charge >= 0.3 is 0 Å². The highest BCUT2D eigenvalue weighted by atomic mass is 19.1. The molecule has 0 amide bonds. The molecule has 1 fully saturated rings. The first kappa shape index (κ1) is 13.2. The second kappa shape index (κ2) is 5.19. The van der Waals surface area contributed by atoms with Crippen molar-refractivity contribution in [3.05, 3.63) is 48.1 Å². The lowest BCUT2D eigenvalue weighted by atomic mass is 9.83. The second-order valence-corrected chi connectivity index (χ2v) is 5.43. The van der Waals surface area contributed by atoms with Crippen molar-refractivity contribution in [2.75, 3.05) is 6.54 Å². The standard InChI is InChI=1S/C15H19F2N/c1-3-15(2,10-18-13-5-6-13)9-11-8-12(16)4-7-14(11)17/h3-4,7-8,13,18H,1,5-6,9-10H2,2H3. The van der Waals surface area contributed by atoms with Crippen LogP contribution in [0.2, 0.25) is 0 Å². The Balaban J connectivity index is 2.07. The van der Waals surface area contributed by atoms with E-state index in [4.69, 9.17) is 0 Å². The molecule has 18 heavy (non-hydrogen) atoms. The second-order valence-electron chi connectivity index (χ2n) is 5.43. The zero-order valence-electron chi connectivity index (χ0n) is 10.7. The number of nitrogens with one attached hydrogen (secondary N) is 1. The van der Waals surface area contributed by atoms with Gasteiger partial charge in [0.1, 0.15) is 11.6 Å². The Morgan fingerprint density at radius 1 is 1.44 bits per heavy atom. The van der Waals surface area contributed by atoms with Crippen molar-refractivity contribution in [2.45, 2.75) is 32.2 Å². The highest BCUT2D eigenvalue weighted by Crippen LogP contribution is 2.27. The molecule has 1 aromatic rings. The van der Waals surface area contributed by atoms with Crippen molar-refractivity contribution in [2.24, 2.45) is 5.41 Å². The van der Waals surface area contributed by atoms with Crippen LogP contribution in [-0.2, 0) is 6.42 Å². The van der Waals surface area contributed by atoms with E-state index in [-0.39, 0.29) is 11.2 Å². The molecule has 1 aromatic carbocycles. The van der Waals surface area contributed by atoms with Crippen LogP contribution in [0.1, 0.15) is 25.3 Å². The third kappa shape index (κ3) is 3.39. The summed E-state index contributed by atoms with van der Waals surface area (Å²) < 4.78 is 26.8. The molecular weight excluding hydrogens is 232 g/mol. The van der Waals surface area contributed by atoms with Crippen LogP contribution in [0, 0.1) is 17.0 Å². The van der Waals surface area contributed by atoms with Crippen molar-refractivity contribution in [3.63, 3.8) is 0 Å². The van der Waals surface area contributed by atoms with Crippen LogP contribution in [0.3, 0.4) is 0 Å². The van der Waals surface area contributed by atoms with E-state index in [1.54, 1.807) is 0 Å². The summed E-state index contributed by atoms with van der Waals surface area (Å²) in [6.45, 7) is 6.58. The third-order valence-corrected chi connectivity index (χ3v) is 3.47. The highest BCUT2D eigenvalue weighted by Gasteiger charge is 2.27. The van der Waals surface area contributed by atoms with Gasteiger partial charge < -0.3 is 5.32 Å². The average molecular weight is 251 g/mol. The molecule has 3 heteroatoms. The van der Waals surface area contributed by atoms with Gasteiger partial charge in [0.25, 0.3) is 0 Å². The Hall–Kier alpha value is -1.22. The van der Waals surface area contributed by atoms with Crippen molar-refractivity contribution in [1.29, 1.82) is 0 Å². The molecule has 0 aliphatic heterocycles. The molecule has 1 aliphatic carbocycles. The quantitative estimate of drug-likeness (QED) is 0.764. The van der Waals surface area contributed by atoms with Gasteiger partial charge in [0.2, 0.25) is 0 Å². The first-order valence-electron chi connectivity index (χ1n) is 6.33. The summed E-state index contributed by atoms with van der Waals surface area (Å²) in [5, 5.41) is 3.41. The first-order valence-corrected chi connectivity index (χ1v) is 6.33. The summed E-state index contributed by atoms with van der Waals surface area (Å²) in [6.07, 6.45) is 4.70. The molecule has 1 atom stereocenters. The van der Waals surface area contributed by atoms with Crippen LogP contribution < -0.4 is 5.32 Å². The molecule has 2 rings (SSSR count). The number of benzene rings is 1. The van der Waals surface area contributed by atoms with Gasteiger partial charge in [-0.2, -0.15) is 0 Å². The summed E-state index contributed by atoms with van der Waals surface area (Å²) in [5.74, 6) is -0.746. The van der Waals surface area contributed by atoms with E-state index in [1.165, 1.54) is 25.0 Å². The minimum Gasteiger partial charge on any atom is -0.313 e. The first-order chi connectivity index (χ1) is 8.52.